The molecule has 0 saturated carbocycles. The molecule has 0 radical (unpaired) electrons. The Hall–Kier alpha value is -2.98. The van der Waals surface area contributed by atoms with Crippen molar-refractivity contribution in [3.63, 3.8) is 0 Å². The number of anilines is 2. The molecule has 2 rings (SSSR count). The number of hydrogen-bond acceptors (Lipinski definition) is 2. The average Bonchev–Trinajstić information content (AvgIpc) is 2.61. The second kappa shape index (κ2) is 8.60. The maximum atomic E-state index is 14.4. The number of hydrogen-bond donors (Lipinski definition) is 2. The molecule has 0 bridgehead atoms. The molecule has 0 aromatic heterocycles. The zero-order valence-corrected chi connectivity index (χ0v) is 16.4. The first-order valence-corrected chi connectivity index (χ1v) is 8.79. The van der Waals surface area contributed by atoms with E-state index in [9.17, 15) is 9.18 Å². The van der Waals surface area contributed by atoms with E-state index in [1.807, 2.05) is 26.8 Å². The molecule has 0 unspecified atom stereocenters. The minimum absolute atomic E-state index is 0.0193. The Kier molecular flexibility index (Phi) is 6.48. The van der Waals surface area contributed by atoms with Crippen LogP contribution in [0, 0.1) is 19.3 Å². The molecular formula is C20H21FN4OS. The van der Waals surface area contributed by atoms with Crippen LogP contribution in [-0.2, 0) is 0 Å². The number of thiocarbonyl (C=S) groups is 1. The molecule has 0 fully saturated rings. The minimum Gasteiger partial charge on any atom is -0.355 e. The number of nitrogens with one attached hydrogen (secondary N) is 2. The highest BCUT2D eigenvalue weighted by Crippen LogP contribution is 2.25. The van der Waals surface area contributed by atoms with Crippen LogP contribution in [0.5, 0.6) is 0 Å². The zero-order valence-electron chi connectivity index (χ0n) is 15.6. The van der Waals surface area contributed by atoms with Crippen LogP contribution in [-0.4, -0.2) is 24.1 Å². The van der Waals surface area contributed by atoms with E-state index in [2.05, 4.69) is 15.5 Å². The molecule has 7 heteroatoms. The van der Waals surface area contributed by atoms with E-state index in [0.29, 0.717) is 16.5 Å². The number of nitrogens with zero attached hydrogens (tertiary/aromatic N) is 2. The van der Waals surface area contributed by atoms with Gasteiger partial charge in [-0.2, -0.15) is 0 Å². The van der Waals surface area contributed by atoms with Crippen LogP contribution in [0.2, 0.25) is 0 Å². The van der Waals surface area contributed by atoms with Crippen LogP contribution >= 0.6 is 12.2 Å². The van der Waals surface area contributed by atoms with E-state index in [4.69, 9.17) is 18.8 Å². The smallest absolute Gasteiger partial charge is 0.253 e. The van der Waals surface area contributed by atoms with Gasteiger partial charge in [-0.25, -0.2) is 9.24 Å². The third-order valence-electron chi connectivity index (χ3n) is 4.01. The SMILES string of the molecule is [C-]#[N+]c1ccc(NC(=S)N(c2ccc(C(=O)NC)c(F)c2)C(C)C)cc1C. The van der Waals surface area contributed by atoms with Gasteiger partial charge in [-0.1, -0.05) is 6.07 Å². The first-order chi connectivity index (χ1) is 12.8. The van der Waals surface area contributed by atoms with Crippen molar-refractivity contribution >= 4 is 40.3 Å². The molecule has 5 nitrogen and oxygen atoms in total. The summed E-state index contributed by atoms with van der Waals surface area (Å²) in [6, 6.07) is 9.70. The van der Waals surface area contributed by atoms with E-state index >= 15 is 0 Å². The maximum absolute atomic E-state index is 14.4. The normalized spacial score (nSPS) is 10.3. The quantitative estimate of drug-likeness (QED) is 0.595. The van der Waals surface area contributed by atoms with Crippen LogP contribution in [0.1, 0.15) is 29.8 Å². The lowest BCUT2D eigenvalue weighted by Crippen LogP contribution is -2.40. The van der Waals surface area contributed by atoms with Crippen LogP contribution in [0.15, 0.2) is 36.4 Å². The molecular weight excluding hydrogens is 363 g/mol. The van der Waals surface area contributed by atoms with Gasteiger partial charge >= 0.3 is 0 Å². The zero-order chi connectivity index (χ0) is 20.1. The van der Waals surface area contributed by atoms with Gasteiger partial charge in [0, 0.05) is 24.5 Å². The van der Waals surface area contributed by atoms with Gasteiger partial charge in [-0.05, 0) is 68.9 Å². The number of halogens is 1. The van der Waals surface area contributed by atoms with Gasteiger partial charge in [0.2, 0.25) is 0 Å². The highest BCUT2D eigenvalue weighted by molar-refractivity contribution is 7.80. The summed E-state index contributed by atoms with van der Waals surface area (Å²) in [5.74, 6) is -1.09. The third kappa shape index (κ3) is 4.60. The standard InChI is InChI=1S/C20H21FN4OS/c1-12(2)25(15-7-8-16(17(21)11-15)19(26)23-5)20(27)24-14-6-9-18(22-4)13(3)10-14/h6-12H,1-3,5H3,(H,23,26)(H,24,27). The number of aryl methyl sites for hydroxylation is 1. The molecule has 2 aromatic carbocycles. The van der Waals surface area contributed by atoms with E-state index < -0.39 is 11.7 Å². The predicted octanol–water partition coefficient (Wildman–Crippen LogP) is 4.66. The summed E-state index contributed by atoms with van der Waals surface area (Å²) in [6.07, 6.45) is 0. The number of benzene rings is 2. The Labute approximate surface area is 164 Å². The third-order valence-corrected chi connectivity index (χ3v) is 4.30. The van der Waals surface area contributed by atoms with Gasteiger partial charge in [0.25, 0.3) is 5.91 Å². The second-order valence-electron chi connectivity index (χ2n) is 6.25. The summed E-state index contributed by atoms with van der Waals surface area (Å²) in [5.41, 5.74) is 2.70. The molecule has 2 N–H and O–H groups in total. The molecule has 1 amide bonds. The van der Waals surface area contributed by atoms with Crippen LogP contribution < -0.4 is 15.5 Å². The summed E-state index contributed by atoms with van der Waals surface area (Å²) >= 11 is 5.52. The minimum atomic E-state index is -0.613. The molecule has 0 aliphatic heterocycles. The molecule has 0 aliphatic rings. The molecule has 0 atom stereocenters. The lowest BCUT2D eigenvalue weighted by Gasteiger charge is -2.30. The van der Waals surface area contributed by atoms with Crippen molar-refractivity contribution in [3.8, 4) is 0 Å². The van der Waals surface area contributed by atoms with Gasteiger partial charge in [0.1, 0.15) is 5.82 Å². The van der Waals surface area contributed by atoms with Crippen molar-refractivity contribution in [2.75, 3.05) is 17.3 Å². The average molecular weight is 384 g/mol. The number of carbonyl (C=O) groups is 1. The maximum Gasteiger partial charge on any atom is 0.253 e. The lowest BCUT2D eigenvalue weighted by molar-refractivity contribution is 0.0959. The first-order valence-electron chi connectivity index (χ1n) is 8.38. The molecule has 0 saturated heterocycles. The first kappa shape index (κ1) is 20.3. The summed E-state index contributed by atoms with van der Waals surface area (Å²) in [5, 5.41) is 5.94. The van der Waals surface area contributed by atoms with Crippen molar-refractivity contribution in [1.82, 2.24) is 5.32 Å². The fraction of sp³-hybridized carbons (Fsp3) is 0.250. The second-order valence-corrected chi connectivity index (χ2v) is 6.64. The molecule has 0 heterocycles. The lowest BCUT2D eigenvalue weighted by atomic mass is 10.1. The van der Waals surface area contributed by atoms with E-state index in [1.165, 1.54) is 19.2 Å². The predicted molar refractivity (Wildman–Crippen MR) is 111 cm³/mol. The van der Waals surface area contributed by atoms with Crippen molar-refractivity contribution in [3.05, 3.63) is 64.8 Å². The van der Waals surface area contributed by atoms with Crippen LogP contribution in [0.25, 0.3) is 4.85 Å². The van der Waals surface area contributed by atoms with Gasteiger partial charge in [-0.3, -0.25) is 4.79 Å². The number of carbonyl (C=O) groups excluding carboxylic acids is 1. The summed E-state index contributed by atoms with van der Waals surface area (Å²) in [4.78, 5) is 16.9. The van der Waals surface area contributed by atoms with E-state index in [0.717, 1.165) is 11.3 Å². The Morgan fingerprint density at radius 1 is 1.26 bits per heavy atom. The fourth-order valence-corrected chi connectivity index (χ4v) is 3.10. The van der Waals surface area contributed by atoms with Crippen molar-refractivity contribution in [2.24, 2.45) is 0 Å². The molecule has 2 aromatic rings. The van der Waals surface area contributed by atoms with Crippen LogP contribution in [0.3, 0.4) is 0 Å². The Morgan fingerprint density at radius 3 is 2.48 bits per heavy atom. The Morgan fingerprint density at radius 2 is 1.96 bits per heavy atom. The fourth-order valence-electron chi connectivity index (χ4n) is 2.66. The topological polar surface area (TPSA) is 48.7 Å². The Balaban J connectivity index is 2.30. The van der Waals surface area contributed by atoms with E-state index in [-0.39, 0.29) is 11.6 Å². The molecule has 0 spiro atoms. The van der Waals surface area contributed by atoms with Gasteiger partial charge in [-0.15, -0.1) is 0 Å². The molecule has 0 aliphatic carbocycles. The highest BCUT2D eigenvalue weighted by Gasteiger charge is 2.19. The van der Waals surface area contributed by atoms with Crippen molar-refractivity contribution in [2.45, 2.75) is 26.8 Å². The number of rotatable bonds is 4. The summed E-state index contributed by atoms with van der Waals surface area (Å²) in [7, 11) is 1.45. The van der Waals surface area contributed by atoms with Crippen LogP contribution in [0.4, 0.5) is 21.5 Å². The highest BCUT2D eigenvalue weighted by atomic mass is 32.1. The number of amides is 1. The van der Waals surface area contributed by atoms with E-state index in [1.54, 1.807) is 23.1 Å². The monoisotopic (exact) mass is 384 g/mol. The largest absolute Gasteiger partial charge is 0.355 e. The summed E-state index contributed by atoms with van der Waals surface area (Å²) in [6.45, 7) is 12.9. The molecule has 140 valence electrons. The summed E-state index contributed by atoms with van der Waals surface area (Å²) < 4.78 is 14.4. The van der Waals surface area contributed by atoms with Gasteiger partial charge in [0.15, 0.2) is 10.8 Å². The molecule has 27 heavy (non-hydrogen) atoms. The van der Waals surface area contributed by atoms with Crippen molar-refractivity contribution < 1.29 is 9.18 Å². The van der Waals surface area contributed by atoms with Gasteiger partial charge in [0.05, 0.1) is 12.1 Å². The van der Waals surface area contributed by atoms with Crippen molar-refractivity contribution in [1.29, 1.82) is 0 Å². The Bertz CT molecular complexity index is 921. The van der Waals surface area contributed by atoms with Gasteiger partial charge < -0.3 is 15.5 Å².